The molecule has 1 saturated heterocycles. The zero-order chi connectivity index (χ0) is 14.8. The van der Waals surface area contributed by atoms with Crippen LogP contribution in [-0.2, 0) is 0 Å². The Morgan fingerprint density at radius 1 is 1.43 bits per heavy atom. The summed E-state index contributed by atoms with van der Waals surface area (Å²) in [5, 5.41) is 0.815. The molecule has 110 valence electrons. The molecule has 1 aliphatic carbocycles. The average molecular weight is 295 g/mol. The molecular weight excluding hydrogens is 283 g/mol. The van der Waals surface area contributed by atoms with Gasteiger partial charge in [-0.3, -0.25) is 4.79 Å². The van der Waals surface area contributed by atoms with Gasteiger partial charge in [-0.1, -0.05) is 0 Å². The van der Waals surface area contributed by atoms with Crippen molar-refractivity contribution in [2.24, 2.45) is 11.3 Å². The van der Waals surface area contributed by atoms with Gasteiger partial charge < -0.3 is 9.88 Å². The van der Waals surface area contributed by atoms with Gasteiger partial charge in [0.15, 0.2) is 0 Å². The molecule has 2 aromatic rings. The zero-order valence-corrected chi connectivity index (χ0v) is 10.9. The number of amides is 1. The van der Waals surface area contributed by atoms with Crippen molar-refractivity contribution in [2.75, 3.05) is 13.1 Å². The van der Waals surface area contributed by atoms with E-state index in [1.54, 1.807) is 18.3 Å². The van der Waals surface area contributed by atoms with Crippen LogP contribution in [0.5, 0.6) is 0 Å². The lowest BCUT2D eigenvalue weighted by Gasteiger charge is -2.41. The summed E-state index contributed by atoms with van der Waals surface area (Å²) in [6.07, 6.45) is -0.806. The third kappa shape index (κ3) is 1.83. The van der Waals surface area contributed by atoms with Crippen LogP contribution in [-0.4, -0.2) is 40.0 Å². The fourth-order valence-corrected chi connectivity index (χ4v) is 3.26. The predicted molar refractivity (Wildman–Crippen MR) is 68.6 cm³/mol. The van der Waals surface area contributed by atoms with Gasteiger partial charge in [0, 0.05) is 36.3 Å². The Morgan fingerprint density at radius 2 is 2.19 bits per heavy atom. The number of alkyl halides is 3. The first-order valence-electron chi connectivity index (χ1n) is 6.68. The number of pyridine rings is 1. The SMILES string of the molecule is O=C(c1cnc2[nH]ccc2c1)N1CC2(CC2C(F)(F)F)C1. The number of halogens is 3. The van der Waals surface area contributed by atoms with Crippen molar-refractivity contribution >= 4 is 16.9 Å². The quantitative estimate of drug-likeness (QED) is 0.879. The van der Waals surface area contributed by atoms with Crippen molar-refractivity contribution in [3.05, 3.63) is 30.1 Å². The van der Waals surface area contributed by atoms with Crippen molar-refractivity contribution in [2.45, 2.75) is 12.6 Å². The normalized spacial score (nSPS) is 23.4. The number of fused-ring (bicyclic) bond motifs is 1. The van der Waals surface area contributed by atoms with Crippen molar-refractivity contribution in [3.8, 4) is 0 Å². The van der Waals surface area contributed by atoms with Crippen LogP contribution in [0.15, 0.2) is 24.5 Å². The smallest absolute Gasteiger partial charge is 0.346 e. The molecule has 0 bridgehead atoms. The molecule has 1 N–H and O–H groups in total. The maximum absolute atomic E-state index is 12.6. The maximum Gasteiger partial charge on any atom is 0.392 e. The van der Waals surface area contributed by atoms with Crippen LogP contribution in [0.25, 0.3) is 11.0 Å². The molecule has 2 aromatic heterocycles. The van der Waals surface area contributed by atoms with Crippen LogP contribution >= 0.6 is 0 Å². The first-order chi connectivity index (χ1) is 9.89. The van der Waals surface area contributed by atoms with Crippen LogP contribution in [0.1, 0.15) is 16.8 Å². The predicted octanol–water partition coefficient (Wildman–Crippen LogP) is 2.59. The highest BCUT2D eigenvalue weighted by atomic mass is 19.4. The number of H-pyrrole nitrogens is 1. The van der Waals surface area contributed by atoms with E-state index < -0.39 is 17.5 Å². The van der Waals surface area contributed by atoms with E-state index >= 15 is 0 Å². The molecular formula is C14H12F3N3O. The van der Waals surface area contributed by atoms with E-state index in [0.717, 1.165) is 5.39 Å². The Kier molecular flexibility index (Phi) is 2.28. The summed E-state index contributed by atoms with van der Waals surface area (Å²) in [6, 6.07) is 3.51. The molecule has 2 aliphatic rings. The van der Waals surface area contributed by atoms with Crippen LogP contribution in [0, 0.1) is 11.3 Å². The van der Waals surface area contributed by atoms with Gasteiger partial charge in [-0.15, -0.1) is 0 Å². The minimum Gasteiger partial charge on any atom is -0.346 e. The van der Waals surface area contributed by atoms with Crippen LogP contribution in [0.3, 0.4) is 0 Å². The van der Waals surface area contributed by atoms with Crippen LogP contribution < -0.4 is 0 Å². The fourth-order valence-electron chi connectivity index (χ4n) is 3.26. The monoisotopic (exact) mass is 295 g/mol. The van der Waals surface area contributed by atoms with Gasteiger partial charge in [-0.2, -0.15) is 13.2 Å². The van der Waals surface area contributed by atoms with E-state index in [9.17, 15) is 18.0 Å². The summed E-state index contributed by atoms with van der Waals surface area (Å²) in [7, 11) is 0. The number of aromatic nitrogens is 2. The number of rotatable bonds is 1. The zero-order valence-electron chi connectivity index (χ0n) is 10.9. The second kappa shape index (κ2) is 3.78. The molecule has 1 atom stereocenters. The summed E-state index contributed by atoms with van der Waals surface area (Å²) >= 11 is 0. The summed E-state index contributed by atoms with van der Waals surface area (Å²) in [6.45, 7) is 0.391. The summed E-state index contributed by atoms with van der Waals surface area (Å²) in [4.78, 5) is 20.8. The average Bonchev–Trinajstić information content (AvgIpc) is 2.99. The summed E-state index contributed by atoms with van der Waals surface area (Å²) in [5.41, 5.74) is 0.395. The van der Waals surface area contributed by atoms with Gasteiger partial charge in [0.25, 0.3) is 5.91 Å². The second-order valence-corrected chi connectivity index (χ2v) is 5.96. The molecule has 21 heavy (non-hydrogen) atoms. The highest BCUT2D eigenvalue weighted by Crippen LogP contribution is 2.64. The number of nitrogens with zero attached hydrogens (tertiary/aromatic N) is 2. The molecule has 1 unspecified atom stereocenters. The maximum atomic E-state index is 12.6. The number of likely N-dealkylation sites (tertiary alicyclic amines) is 1. The van der Waals surface area contributed by atoms with Gasteiger partial charge in [0.05, 0.1) is 11.5 Å². The van der Waals surface area contributed by atoms with Crippen LogP contribution in [0.4, 0.5) is 13.2 Å². The molecule has 1 saturated carbocycles. The fraction of sp³-hybridized carbons (Fsp3) is 0.429. The Balaban J connectivity index is 1.48. The molecule has 4 rings (SSSR count). The van der Waals surface area contributed by atoms with E-state index in [1.807, 2.05) is 0 Å². The van der Waals surface area contributed by atoms with Gasteiger partial charge in [0.2, 0.25) is 0 Å². The standard InChI is InChI=1S/C14H12F3N3O/c15-14(16,17)10-4-13(10)6-20(7-13)12(21)9-3-8-1-2-18-11(8)19-5-9/h1-3,5,10H,4,6-7H2,(H,18,19). The molecule has 2 fully saturated rings. The molecule has 0 aromatic carbocycles. The summed E-state index contributed by atoms with van der Waals surface area (Å²) < 4.78 is 37.9. The number of hydrogen-bond donors (Lipinski definition) is 1. The number of hydrogen-bond acceptors (Lipinski definition) is 2. The Bertz CT molecular complexity index is 730. The lowest BCUT2D eigenvalue weighted by molar-refractivity contribution is -0.163. The van der Waals surface area contributed by atoms with Gasteiger partial charge in [0.1, 0.15) is 5.65 Å². The Morgan fingerprint density at radius 3 is 2.86 bits per heavy atom. The van der Waals surface area contributed by atoms with E-state index in [0.29, 0.717) is 11.2 Å². The first kappa shape index (κ1) is 12.7. The van der Waals surface area contributed by atoms with E-state index in [2.05, 4.69) is 9.97 Å². The minimum atomic E-state index is -4.14. The topological polar surface area (TPSA) is 49.0 Å². The van der Waals surface area contributed by atoms with Gasteiger partial charge >= 0.3 is 6.18 Å². The van der Waals surface area contributed by atoms with Gasteiger partial charge in [-0.05, 0) is 18.6 Å². The van der Waals surface area contributed by atoms with Crippen LogP contribution in [0.2, 0.25) is 0 Å². The third-order valence-corrected chi connectivity index (χ3v) is 4.53. The number of carbonyl (C=O) groups excluding carboxylic acids is 1. The Hall–Kier alpha value is -2.05. The highest BCUT2D eigenvalue weighted by Gasteiger charge is 2.71. The van der Waals surface area contributed by atoms with E-state index in [4.69, 9.17) is 0 Å². The molecule has 4 nitrogen and oxygen atoms in total. The Labute approximate surface area is 118 Å². The molecule has 1 aliphatic heterocycles. The number of carbonyl (C=O) groups is 1. The first-order valence-corrected chi connectivity index (χ1v) is 6.68. The molecule has 0 radical (unpaired) electrons. The molecule has 1 spiro atoms. The van der Waals surface area contributed by atoms with Crippen molar-refractivity contribution in [1.29, 1.82) is 0 Å². The van der Waals surface area contributed by atoms with Crippen molar-refractivity contribution in [1.82, 2.24) is 14.9 Å². The largest absolute Gasteiger partial charge is 0.392 e. The molecule has 7 heteroatoms. The van der Waals surface area contributed by atoms with Crippen molar-refractivity contribution < 1.29 is 18.0 Å². The lowest BCUT2D eigenvalue weighted by atomic mass is 9.92. The second-order valence-electron chi connectivity index (χ2n) is 5.96. The summed E-state index contributed by atoms with van der Waals surface area (Å²) in [5.74, 6) is -1.48. The van der Waals surface area contributed by atoms with E-state index in [1.165, 1.54) is 11.1 Å². The molecule has 3 heterocycles. The minimum absolute atomic E-state index is 0.148. The molecule has 1 amide bonds. The highest BCUT2D eigenvalue weighted by molar-refractivity contribution is 5.97. The van der Waals surface area contributed by atoms with Crippen molar-refractivity contribution in [3.63, 3.8) is 0 Å². The van der Waals surface area contributed by atoms with E-state index in [-0.39, 0.29) is 25.4 Å². The third-order valence-electron chi connectivity index (χ3n) is 4.53. The lowest BCUT2D eigenvalue weighted by Crippen LogP contribution is -2.53. The van der Waals surface area contributed by atoms with Gasteiger partial charge in [-0.25, -0.2) is 4.98 Å². The number of nitrogens with one attached hydrogen (secondary N) is 1. The number of aromatic amines is 1.